The van der Waals surface area contributed by atoms with Gasteiger partial charge in [-0.1, -0.05) is 30.3 Å². The monoisotopic (exact) mass is 442 g/mol. The summed E-state index contributed by atoms with van der Waals surface area (Å²) in [4.78, 5) is 17.1. The molecule has 32 heavy (non-hydrogen) atoms. The van der Waals surface area contributed by atoms with Crippen LogP contribution < -0.4 is 10.3 Å². The van der Waals surface area contributed by atoms with Crippen molar-refractivity contribution in [3.05, 3.63) is 88.3 Å². The normalized spacial score (nSPS) is 20.3. The Balaban J connectivity index is 1.28. The highest BCUT2D eigenvalue weighted by molar-refractivity contribution is 7.22. The van der Waals surface area contributed by atoms with Crippen molar-refractivity contribution in [1.29, 1.82) is 0 Å². The molecule has 2 atom stereocenters. The Bertz CT molecular complexity index is 1310. The third-order valence-corrected chi connectivity index (χ3v) is 8.09. The van der Waals surface area contributed by atoms with E-state index in [-0.39, 0.29) is 5.56 Å². The number of piperidine rings is 1. The number of hydrogen-bond donors (Lipinski definition) is 0. The smallest absolute Gasteiger partial charge is 0.259 e. The van der Waals surface area contributed by atoms with E-state index in [1.807, 2.05) is 12.1 Å². The molecule has 2 aromatic heterocycles. The number of nitrogens with zero attached hydrogens (tertiary/aromatic N) is 2. The maximum atomic E-state index is 13.5. The molecular formula is C27H26N2O2S. The van der Waals surface area contributed by atoms with Gasteiger partial charge in [-0.25, -0.2) is 0 Å². The molecule has 1 fully saturated rings. The van der Waals surface area contributed by atoms with Crippen LogP contribution in [0.25, 0.3) is 20.5 Å². The molecule has 1 saturated heterocycles. The number of aromatic nitrogens is 1. The molecule has 5 heteroatoms. The molecule has 4 aromatic rings. The van der Waals surface area contributed by atoms with E-state index < -0.39 is 0 Å². The Morgan fingerprint density at radius 3 is 2.66 bits per heavy atom. The second-order valence-corrected chi connectivity index (χ2v) is 10.2. The van der Waals surface area contributed by atoms with E-state index in [9.17, 15) is 4.79 Å². The van der Waals surface area contributed by atoms with Crippen LogP contribution in [0.5, 0.6) is 5.75 Å². The van der Waals surface area contributed by atoms with Crippen LogP contribution in [-0.2, 0) is 13.1 Å². The summed E-state index contributed by atoms with van der Waals surface area (Å²) in [5, 5.41) is 1.21. The summed E-state index contributed by atoms with van der Waals surface area (Å²) in [5.41, 5.74) is 3.52. The molecule has 0 saturated carbocycles. The first-order valence-electron chi connectivity index (χ1n) is 11.3. The van der Waals surface area contributed by atoms with Gasteiger partial charge in [0.15, 0.2) is 0 Å². The number of ether oxygens (including phenoxy) is 1. The number of methoxy groups -OCH3 is 1. The number of benzene rings is 2. The first kappa shape index (κ1) is 19.8. The highest BCUT2D eigenvalue weighted by atomic mass is 32.1. The largest absolute Gasteiger partial charge is 0.497 e. The van der Waals surface area contributed by atoms with Crippen LogP contribution in [0.3, 0.4) is 0 Å². The summed E-state index contributed by atoms with van der Waals surface area (Å²) in [7, 11) is 1.70. The van der Waals surface area contributed by atoms with Crippen molar-refractivity contribution in [3.63, 3.8) is 0 Å². The van der Waals surface area contributed by atoms with E-state index in [0.29, 0.717) is 11.8 Å². The lowest BCUT2D eigenvalue weighted by molar-refractivity contribution is 0.114. The van der Waals surface area contributed by atoms with Crippen LogP contribution >= 0.6 is 11.3 Å². The van der Waals surface area contributed by atoms with E-state index in [1.54, 1.807) is 18.4 Å². The van der Waals surface area contributed by atoms with Gasteiger partial charge in [0.25, 0.3) is 5.56 Å². The molecule has 0 aliphatic carbocycles. The van der Waals surface area contributed by atoms with Gasteiger partial charge < -0.3 is 9.30 Å². The Morgan fingerprint density at radius 1 is 1.00 bits per heavy atom. The minimum atomic E-state index is 0.173. The maximum absolute atomic E-state index is 13.5. The van der Waals surface area contributed by atoms with E-state index in [4.69, 9.17) is 4.74 Å². The Kier molecular flexibility index (Phi) is 4.89. The van der Waals surface area contributed by atoms with Crippen LogP contribution in [0, 0.1) is 5.92 Å². The van der Waals surface area contributed by atoms with E-state index in [2.05, 4.69) is 64.1 Å². The summed E-state index contributed by atoms with van der Waals surface area (Å²) in [5.74, 6) is 1.84. The number of rotatable bonds is 4. The van der Waals surface area contributed by atoms with Gasteiger partial charge in [-0.2, -0.15) is 0 Å². The lowest BCUT2D eigenvalue weighted by Gasteiger charge is -2.43. The van der Waals surface area contributed by atoms with Gasteiger partial charge in [-0.05, 0) is 59.7 Å². The molecule has 0 spiro atoms. The zero-order valence-corrected chi connectivity index (χ0v) is 19.0. The second kappa shape index (κ2) is 7.91. The number of hydrogen-bond acceptors (Lipinski definition) is 4. The van der Waals surface area contributed by atoms with Gasteiger partial charge >= 0.3 is 0 Å². The van der Waals surface area contributed by atoms with Crippen LogP contribution in [0.2, 0.25) is 0 Å². The highest BCUT2D eigenvalue weighted by Crippen LogP contribution is 2.37. The topological polar surface area (TPSA) is 34.5 Å². The molecule has 4 heterocycles. The van der Waals surface area contributed by atoms with Crippen molar-refractivity contribution in [2.45, 2.75) is 25.4 Å². The predicted molar refractivity (Wildman–Crippen MR) is 131 cm³/mol. The fraction of sp³-hybridized carbons (Fsp3) is 0.296. The minimum Gasteiger partial charge on any atom is -0.497 e. The third kappa shape index (κ3) is 3.46. The van der Waals surface area contributed by atoms with Crippen molar-refractivity contribution in [1.82, 2.24) is 9.47 Å². The minimum absolute atomic E-state index is 0.173. The van der Waals surface area contributed by atoms with Gasteiger partial charge in [-0.3, -0.25) is 9.69 Å². The number of pyridine rings is 1. The molecule has 162 valence electrons. The third-order valence-electron chi connectivity index (χ3n) is 6.94. The van der Waals surface area contributed by atoms with Crippen molar-refractivity contribution in [2.75, 3.05) is 20.2 Å². The van der Waals surface area contributed by atoms with E-state index in [0.717, 1.165) is 42.4 Å². The molecule has 0 N–H and O–H groups in total. The summed E-state index contributed by atoms with van der Waals surface area (Å²) in [6, 6.07) is 23.1. The number of thiophene rings is 1. The van der Waals surface area contributed by atoms with E-state index >= 15 is 0 Å². The molecular weight excluding hydrogens is 416 g/mol. The Hall–Kier alpha value is -2.89. The van der Waals surface area contributed by atoms with Gasteiger partial charge in [0.2, 0.25) is 0 Å². The zero-order chi connectivity index (χ0) is 21.7. The molecule has 6 rings (SSSR count). The fourth-order valence-electron chi connectivity index (χ4n) is 5.47. The first-order chi connectivity index (χ1) is 15.7. The SMILES string of the molecule is COc1ccc(CN2CC3CC(C2)c2ccc(-c4cc5ccccc5s4)c(=O)n2C3)cc1. The van der Waals surface area contributed by atoms with Crippen molar-refractivity contribution in [2.24, 2.45) is 5.92 Å². The molecule has 0 radical (unpaired) electrons. The average Bonchev–Trinajstić information content (AvgIpc) is 3.24. The number of likely N-dealkylation sites (tertiary alicyclic amines) is 1. The molecule has 2 aliphatic rings. The lowest BCUT2D eigenvalue weighted by Crippen LogP contribution is -2.46. The fourth-order valence-corrected chi connectivity index (χ4v) is 6.54. The predicted octanol–water partition coefficient (Wildman–Crippen LogP) is 5.36. The highest BCUT2D eigenvalue weighted by Gasteiger charge is 2.35. The van der Waals surface area contributed by atoms with Gasteiger partial charge in [0, 0.05) is 47.4 Å². The van der Waals surface area contributed by atoms with Gasteiger partial charge in [0.05, 0.1) is 12.7 Å². The zero-order valence-electron chi connectivity index (χ0n) is 18.2. The van der Waals surface area contributed by atoms with Crippen LogP contribution in [-0.4, -0.2) is 29.7 Å². The van der Waals surface area contributed by atoms with Gasteiger partial charge in [-0.15, -0.1) is 11.3 Å². The molecule has 0 amide bonds. The maximum Gasteiger partial charge on any atom is 0.259 e. The summed E-state index contributed by atoms with van der Waals surface area (Å²) in [6.45, 7) is 3.81. The second-order valence-electron chi connectivity index (χ2n) is 9.08. The summed E-state index contributed by atoms with van der Waals surface area (Å²) in [6.07, 6.45) is 1.18. The molecule has 2 aliphatic heterocycles. The molecule has 4 nitrogen and oxygen atoms in total. The molecule has 2 unspecified atom stereocenters. The molecule has 2 bridgehead atoms. The molecule has 2 aromatic carbocycles. The van der Waals surface area contributed by atoms with Crippen LogP contribution in [0.4, 0.5) is 0 Å². The standard InChI is InChI=1S/C27H26N2O2S/c1-31-22-8-6-18(7-9-22)14-28-15-19-12-21(17-28)24-11-10-23(27(30)29(24)16-19)26-13-20-4-2-3-5-25(20)32-26/h2-11,13,19,21H,12,14-17H2,1H3. The van der Waals surface area contributed by atoms with Crippen molar-refractivity contribution < 1.29 is 4.74 Å². The van der Waals surface area contributed by atoms with Gasteiger partial charge in [0.1, 0.15) is 5.75 Å². The Morgan fingerprint density at radius 2 is 1.84 bits per heavy atom. The van der Waals surface area contributed by atoms with Crippen LogP contribution in [0.1, 0.15) is 23.6 Å². The van der Waals surface area contributed by atoms with E-state index in [1.165, 1.54) is 27.8 Å². The lowest BCUT2D eigenvalue weighted by atomic mass is 9.82. The van der Waals surface area contributed by atoms with Crippen LogP contribution in [0.15, 0.2) is 71.5 Å². The number of fused-ring (bicyclic) bond motifs is 5. The first-order valence-corrected chi connectivity index (χ1v) is 12.1. The van der Waals surface area contributed by atoms with Crippen molar-refractivity contribution >= 4 is 21.4 Å². The quantitative estimate of drug-likeness (QED) is 0.427. The summed E-state index contributed by atoms with van der Waals surface area (Å²) >= 11 is 1.71. The average molecular weight is 443 g/mol. The summed E-state index contributed by atoms with van der Waals surface area (Å²) < 4.78 is 8.59. The Labute approximate surface area is 191 Å². The van der Waals surface area contributed by atoms with Crippen molar-refractivity contribution in [3.8, 4) is 16.2 Å².